The molecular weight excluding hydrogens is 331 g/mol. The van der Waals surface area contributed by atoms with Crippen molar-refractivity contribution < 1.29 is 13.9 Å². The molecule has 6 heteroatoms. The van der Waals surface area contributed by atoms with Gasteiger partial charge in [-0.1, -0.05) is 12.1 Å². The second-order valence-corrected chi connectivity index (χ2v) is 6.75. The highest BCUT2D eigenvalue weighted by molar-refractivity contribution is 5.85. The van der Waals surface area contributed by atoms with E-state index in [1.807, 2.05) is 17.0 Å². The van der Waals surface area contributed by atoms with Crippen molar-refractivity contribution in [2.24, 2.45) is 17.6 Å². The Morgan fingerprint density at radius 1 is 1.25 bits per heavy atom. The molecule has 0 bridgehead atoms. The number of likely N-dealkylation sites (tertiary alicyclic amines) is 1. The fourth-order valence-corrected chi connectivity index (χ4v) is 3.64. The molecule has 2 aliphatic heterocycles. The molecule has 0 aromatic heterocycles. The van der Waals surface area contributed by atoms with E-state index in [1.54, 1.807) is 0 Å². The van der Waals surface area contributed by atoms with Crippen molar-refractivity contribution in [2.45, 2.75) is 31.7 Å². The normalized spacial score (nSPS) is 22.9. The SMILES string of the molecule is Cl.NC(C(=O)N1CCC(Cc2ccc(F)cc2)C1)C1CCOCC1. The fourth-order valence-electron chi connectivity index (χ4n) is 3.64. The Morgan fingerprint density at radius 3 is 2.58 bits per heavy atom. The van der Waals surface area contributed by atoms with Crippen molar-refractivity contribution in [3.05, 3.63) is 35.6 Å². The van der Waals surface area contributed by atoms with Gasteiger partial charge in [0, 0.05) is 26.3 Å². The molecule has 0 aliphatic carbocycles. The van der Waals surface area contributed by atoms with E-state index in [0.29, 0.717) is 19.1 Å². The van der Waals surface area contributed by atoms with Gasteiger partial charge in [0.2, 0.25) is 5.91 Å². The Kier molecular flexibility index (Phi) is 7.02. The van der Waals surface area contributed by atoms with E-state index in [0.717, 1.165) is 44.3 Å². The number of carbonyl (C=O) groups is 1. The van der Waals surface area contributed by atoms with Crippen LogP contribution in [0.3, 0.4) is 0 Å². The van der Waals surface area contributed by atoms with Crippen LogP contribution in [-0.2, 0) is 16.0 Å². The first-order chi connectivity index (χ1) is 11.1. The Balaban J connectivity index is 0.00000208. The molecule has 0 radical (unpaired) electrons. The summed E-state index contributed by atoms with van der Waals surface area (Å²) in [5.74, 6) is 0.552. The molecule has 2 heterocycles. The molecule has 134 valence electrons. The third-order valence-corrected chi connectivity index (χ3v) is 5.09. The van der Waals surface area contributed by atoms with Gasteiger partial charge < -0.3 is 15.4 Å². The zero-order chi connectivity index (χ0) is 16.2. The maximum atomic E-state index is 13.0. The number of halogens is 2. The number of amides is 1. The number of ether oxygens (including phenoxy) is 1. The lowest BCUT2D eigenvalue weighted by atomic mass is 9.91. The minimum absolute atomic E-state index is 0. The molecule has 0 saturated carbocycles. The molecule has 2 atom stereocenters. The monoisotopic (exact) mass is 356 g/mol. The van der Waals surface area contributed by atoms with Crippen LogP contribution in [0.2, 0.25) is 0 Å². The van der Waals surface area contributed by atoms with Crippen molar-refractivity contribution in [1.29, 1.82) is 0 Å². The van der Waals surface area contributed by atoms with Crippen molar-refractivity contribution in [3.63, 3.8) is 0 Å². The molecule has 2 N–H and O–H groups in total. The molecule has 2 aliphatic rings. The molecule has 2 saturated heterocycles. The second-order valence-electron chi connectivity index (χ2n) is 6.75. The van der Waals surface area contributed by atoms with Crippen LogP contribution in [0.15, 0.2) is 24.3 Å². The van der Waals surface area contributed by atoms with Gasteiger partial charge in [0.05, 0.1) is 6.04 Å². The summed E-state index contributed by atoms with van der Waals surface area (Å²) >= 11 is 0. The van der Waals surface area contributed by atoms with Crippen LogP contribution in [-0.4, -0.2) is 43.2 Å². The van der Waals surface area contributed by atoms with E-state index in [9.17, 15) is 9.18 Å². The molecule has 1 amide bonds. The predicted octanol–water partition coefficient (Wildman–Crippen LogP) is 2.39. The third kappa shape index (κ3) is 4.68. The van der Waals surface area contributed by atoms with Crippen LogP contribution in [0.25, 0.3) is 0 Å². The number of benzene rings is 1. The van der Waals surface area contributed by atoms with E-state index < -0.39 is 6.04 Å². The number of carbonyl (C=O) groups excluding carboxylic acids is 1. The lowest BCUT2D eigenvalue weighted by molar-refractivity contribution is -0.133. The van der Waals surface area contributed by atoms with Crippen molar-refractivity contribution in [3.8, 4) is 0 Å². The summed E-state index contributed by atoms with van der Waals surface area (Å²) in [5.41, 5.74) is 7.32. The zero-order valence-corrected chi connectivity index (χ0v) is 14.6. The molecule has 4 nitrogen and oxygen atoms in total. The minimum Gasteiger partial charge on any atom is -0.381 e. The average Bonchev–Trinajstić information content (AvgIpc) is 3.05. The Morgan fingerprint density at radius 2 is 1.92 bits per heavy atom. The quantitative estimate of drug-likeness (QED) is 0.901. The van der Waals surface area contributed by atoms with E-state index >= 15 is 0 Å². The largest absolute Gasteiger partial charge is 0.381 e. The number of nitrogens with two attached hydrogens (primary N) is 1. The van der Waals surface area contributed by atoms with E-state index in [4.69, 9.17) is 10.5 Å². The van der Waals surface area contributed by atoms with Gasteiger partial charge in [0.1, 0.15) is 5.82 Å². The van der Waals surface area contributed by atoms with Gasteiger partial charge in [-0.15, -0.1) is 12.4 Å². The maximum Gasteiger partial charge on any atom is 0.239 e. The van der Waals surface area contributed by atoms with Gasteiger partial charge in [0.15, 0.2) is 0 Å². The van der Waals surface area contributed by atoms with Crippen molar-refractivity contribution in [2.75, 3.05) is 26.3 Å². The molecule has 0 spiro atoms. The molecule has 2 fully saturated rings. The summed E-state index contributed by atoms with van der Waals surface area (Å²) in [6.07, 6.45) is 3.62. The van der Waals surface area contributed by atoms with Gasteiger partial charge in [-0.2, -0.15) is 0 Å². The van der Waals surface area contributed by atoms with Gasteiger partial charge in [-0.3, -0.25) is 4.79 Å². The highest BCUT2D eigenvalue weighted by Gasteiger charge is 2.33. The third-order valence-electron chi connectivity index (χ3n) is 5.09. The topological polar surface area (TPSA) is 55.6 Å². The predicted molar refractivity (Wildman–Crippen MR) is 93.6 cm³/mol. The molecular formula is C18H26ClFN2O2. The van der Waals surface area contributed by atoms with Crippen LogP contribution >= 0.6 is 12.4 Å². The minimum atomic E-state index is -0.400. The highest BCUT2D eigenvalue weighted by Crippen LogP contribution is 2.24. The average molecular weight is 357 g/mol. The van der Waals surface area contributed by atoms with Gasteiger partial charge in [0.25, 0.3) is 0 Å². The smallest absolute Gasteiger partial charge is 0.239 e. The number of rotatable bonds is 4. The summed E-state index contributed by atoms with van der Waals surface area (Å²) in [6, 6.07) is 6.24. The Hall–Kier alpha value is -1.17. The number of hydrogen-bond acceptors (Lipinski definition) is 3. The van der Waals surface area contributed by atoms with Crippen LogP contribution in [0.4, 0.5) is 4.39 Å². The fraction of sp³-hybridized carbons (Fsp3) is 0.611. The van der Waals surface area contributed by atoms with Crippen LogP contribution < -0.4 is 5.73 Å². The lowest BCUT2D eigenvalue weighted by Gasteiger charge is -2.29. The van der Waals surface area contributed by atoms with Crippen molar-refractivity contribution in [1.82, 2.24) is 4.90 Å². The van der Waals surface area contributed by atoms with E-state index in [1.165, 1.54) is 12.1 Å². The molecule has 1 aromatic rings. The maximum absolute atomic E-state index is 13.0. The summed E-state index contributed by atoms with van der Waals surface area (Å²) < 4.78 is 18.3. The molecule has 24 heavy (non-hydrogen) atoms. The van der Waals surface area contributed by atoms with Crippen LogP contribution in [0, 0.1) is 17.7 Å². The Labute approximate surface area is 148 Å². The Bertz CT molecular complexity index is 534. The zero-order valence-electron chi connectivity index (χ0n) is 13.8. The molecule has 1 aromatic carbocycles. The first-order valence-electron chi connectivity index (χ1n) is 8.50. The second kappa shape index (κ2) is 8.79. The summed E-state index contributed by atoms with van der Waals surface area (Å²) in [6.45, 7) is 2.95. The van der Waals surface area contributed by atoms with Crippen LogP contribution in [0.1, 0.15) is 24.8 Å². The first-order valence-corrected chi connectivity index (χ1v) is 8.50. The van der Waals surface area contributed by atoms with E-state index in [2.05, 4.69) is 0 Å². The van der Waals surface area contributed by atoms with Gasteiger partial charge >= 0.3 is 0 Å². The van der Waals surface area contributed by atoms with Crippen LogP contribution in [0.5, 0.6) is 0 Å². The lowest BCUT2D eigenvalue weighted by Crippen LogP contribution is -2.48. The first kappa shape index (κ1) is 19.2. The number of nitrogens with zero attached hydrogens (tertiary/aromatic N) is 1. The van der Waals surface area contributed by atoms with Gasteiger partial charge in [-0.05, 0) is 55.2 Å². The summed E-state index contributed by atoms with van der Waals surface area (Å²) in [7, 11) is 0. The van der Waals surface area contributed by atoms with E-state index in [-0.39, 0.29) is 30.0 Å². The number of hydrogen-bond donors (Lipinski definition) is 1. The van der Waals surface area contributed by atoms with Crippen molar-refractivity contribution >= 4 is 18.3 Å². The molecule has 2 unspecified atom stereocenters. The standard InChI is InChI=1S/C18H25FN2O2.ClH/c19-16-3-1-13(2-4-16)11-14-5-8-21(12-14)18(22)17(20)15-6-9-23-10-7-15;/h1-4,14-15,17H,5-12,20H2;1H. The van der Waals surface area contributed by atoms with Gasteiger partial charge in [-0.25, -0.2) is 4.39 Å². The molecule has 3 rings (SSSR count). The highest BCUT2D eigenvalue weighted by atomic mass is 35.5. The summed E-state index contributed by atoms with van der Waals surface area (Å²) in [5, 5.41) is 0. The summed E-state index contributed by atoms with van der Waals surface area (Å²) in [4.78, 5) is 14.5.